The number of nitrogens with zero attached hydrogens (tertiary/aromatic N) is 6. The van der Waals surface area contributed by atoms with Crippen molar-refractivity contribution in [3.8, 4) is 10.8 Å². The molecule has 26 heavy (non-hydrogen) atoms. The van der Waals surface area contributed by atoms with Crippen LogP contribution in [-0.4, -0.2) is 29.8 Å². The van der Waals surface area contributed by atoms with Crippen molar-refractivity contribution in [3.63, 3.8) is 0 Å². The zero-order valence-corrected chi connectivity index (χ0v) is 16.6. The molecule has 9 heteroatoms. The fourth-order valence-electron chi connectivity index (χ4n) is 2.81. The van der Waals surface area contributed by atoms with Crippen molar-refractivity contribution in [2.24, 2.45) is 0 Å². The molecule has 134 valence electrons. The third-order valence-electron chi connectivity index (χ3n) is 4.01. The summed E-state index contributed by atoms with van der Waals surface area (Å²) in [5, 5.41) is 17.5. The van der Waals surface area contributed by atoms with Crippen LogP contribution in [0.25, 0.3) is 16.5 Å². The zero-order chi connectivity index (χ0) is 18.3. The molecule has 7 nitrogen and oxygen atoms in total. The Morgan fingerprint density at radius 3 is 2.73 bits per heavy atom. The van der Waals surface area contributed by atoms with Crippen LogP contribution in [0.3, 0.4) is 0 Å². The van der Waals surface area contributed by atoms with Crippen molar-refractivity contribution in [2.45, 2.75) is 45.0 Å². The van der Waals surface area contributed by atoms with Gasteiger partial charge in [0.05, 0.1) is 10.6 Å². The van der Waals surface area contributed by atoms with Crippen LogP contribution < -0.4 is 0 Å². The summed E-state index contributed by atoms with van der Waals surface area (Å²) in [6, 6.07) is 4.12. The first-order valence-electron chi connectivity index (χ1n) is 8.29. The molecule has 0 fully saturated rings. The second kappa shape index (κ2) is 6.81. The number of hydrogen-bond donors (Lipinski definition) is 0. The van der Waals surface area contributed by atoms with E-state index in [1.54, 1.807) is 11.3 Å². The van der Waals surface area contributed by atoms with E-state index in [4.69, 9.17) is 4.42 Å². The van der Waals surface area contributed by atoms with Crippen molar-refractivity contribution in [2.75, 3.05) is 0 Å². The summed E-state index contributed by atoms with van der Waals surface area (Å²) in [6.45, 7) is 8.23. The van der Waals surface area contributed by atoms with Gasteiger partial charge in [-0.15, -0.1) is 31.7 Å². The van der Waals surface area contributed by atoms with Crippen molar-refractivity contribution in [1.29, 1.82) is 0 Å². The van der Waals surface area contributed by atoms with E-state index in [1.165, 1.54) is 22.2 Å². The highest BCUT2D eigenvalue weighted by molar-refractivity contribution is 7.98. The SMILES string of the molecule is CCc1sc(-c2nnc(CSc3nnc4nc(C)cc(C)n34)o2)cc1C. The number of thiophene rings is 1. The summed E-state index contributed by atoms with van der Waals surface area (Å²) < 4.78 is 7.77. The Bertz CT molecular complexity index is 1080. The van der Waals surface area contributed by atoms with Gasteiger partial charge in [0.1, 0.15) is 0 Å². The molecule has 0 aromatic carbocycles. The van der Waals surface area contributed by atoms with Crippen molar-refractivity contribution < 1.29 is 4.42 Å². The smallest absolute Gasteiger partial charge is 0.257 e. The van der Waals surface area contributed by atoms with Gasteiger partial charge in [0.25, 0.3) is 11.7 Å². The van der Waals surface area contributed by atoms with E-state index in [9.17, 15) is 0 Å². The van der Waals surface area contributed by atoms with E-state index in [2.05, 4.69) is 45.3 Å². The number of fused-ring (bicyclic) bond motifs is 1. The van der Waals surface area contributed by atoms with E-state index < -0.39 is 0 Å². The van der Waals surface area contributed by atoms with Crippen LogP contribution in [0, 0.1) is 20.8 Å². The molecular formula is C17H18N6OS2. The molecular weight excluding hydrogens is 368 g/mol. The van der Waals surface area contributed by atoms with Crippen LogP contribution >= 0.6 is 23.1 Å². The maximum Gasteiger partial charge on any atom is 0.257 e. The second-order valence-corrected chi connectivity index (χ2v) is 8.10. The minimum Gasteiger partial charge on any atom is -0.419 e. The Morgan fingerprint density at radius 1 is 1.12 bits per heavy atom. The maximum absolute atomic E-state index is 5.84. The average Bonchev–Trinajstić information content (AvgIpc) is 3.30. The first-order chi connectivity index (χ1) is 12.5. The lowest BCUT2D eigenvalue weighted by molar-refractivity contribution is 0.529. The number of aryl methyl sites for hydroxylation is 4. The maximum atomic E-state index is 5.84. The first kappa shape index (κ1) is 17.2. The second-order valence-electron chi connectivity index (χ2n) is 6.02. The minimum atomic E-state index is 0.534. The normalized spacial score (nSPS) is 11.5. The largest absolute Gasteiger partial charge is 0.419 e. The van der Waals surface area contributed by atoms with Gasteiger partial charge >= 0.3 is 0 Å². The Kier molecular flexibility index (Phi) is 4.49. The van der Waals surface area contributed by atoms with Crippen LogP contribution in [0.15, 0.2) is 21.7 Å². The topological polar surface area (TPSA) is 82.0 Å². The fraction of sp³-hybridized carbons (Fsp3) is 0.353. The fourth-order valence-corrected chi connectivity index (χ4v) is 4.67. The van der Waals surface area contributed by atoms with E-state index in [1.807, 2.05) is 24.3 Å². The van der Waals surface area contributed by atoms with Crippen molar-refractivity contribution >= 4 is 28.9 Å². The van der Waals surface area contributed by atoms with Gasteiger partial charge in [-0.25, -0.2) is 4.98 Å². The highest BCUT2D eigenvalue weighted by Gasteiger charge is 2.15. The van der Waals surface area contributed by atoms with Crippen LogP contribution in [0.5, 0.6) is 0 Å². The van der Waals surface area contributed by atoms with Crippen LogP contribution in [0.4, 0.5) is 0 Å². The molecule has 0 radical (unpaired) electrons. The minimum absolute atomic E-state index is 0.534. The molecule has 0 saturated heterocycles. The predicted molar refractivity (Wildman–Crippen MR) is 102 cm³/mol. The summed E-state index contributed by atoms with van der Waals surface area (Å²) in [5.74, 6) is 2.29. The molecule has 0 atom stereocenters. The molecule has 4 rings (SSSR count). The average molecular weight is 387 g/mol. The summed E-state index contributed by atoms with van der Waals surface area (Å²) in [5.41, 5.74) is 3.25. The van der Waals surface area contributed by atoms with E-state index in [0.717, 1.165) is 27.8 Å². The molecule has 0 saturated carbocycles. The molecule has 0 amide bonds. The lowest BCUT2D eigenvalue weighted by Crippen LogP contribution is -1.97. The van der Waals surface area contributed by atoms with Gasteiger partial charge in [-0.2, -0.15) is 0 Å². The number of thioether (sulfide) groups is 1. The van der Waals surface area contributed by atoms with Gasteiger partial charge in [-0.3, -0.25) is 4.40 Å². The summed E-state index contributed by atoms with van der Waals surface area (Å²) in [4.78, 5) is 6.77. The molecule has 0 aliphatic rings. The standard InChI is InChI=1S/C17H18N6OS2/c1-5-12-9(2)6-13(26-12)15-20-19-14(24-15)8-25-17-22-21-16-18-10(3)7-11(4)23(16)17/h6-7H,5,8H2,1-4H3. The van der Waals surface area contributed by atoms with Gasteiger partial charge < -0.3 is 4.42 Å². The van der Waals surface area contributed by atoms with Gasteiger partial charge in [0, 0.05) is 16.3 Å². The van der Waals surface area contributed by atoms with Crippen LogP contribution in [0.1, 0.15) is 34.6 Å². The Hall–Kier alpha value is -2.26. The Balaban J connectivity index is 1.53. The lowest BCUT2D eigenvalue weighted by Gasteiger charge is -2.02. The third kappa shape index (κ3) is 3.12. The molecule has 0 N–H and O–H groups in total. The molecule has 0 unspecified atom stereocenters. The van der Waals surface area contributed by atoms with Crippen LogP contribution in [-0.2, 0) is 12.2 Å². The van der Waals surface area contributed by atoms with E-state index in [-0.39, 0.29) is 0 Å². The first-order valence-corrected chi connectivity index (χ1v) is 10.1. The Labute approximate surface area is 158 Å². The molecule has 0 aliphatic carbocycles. The van der Waals surface area contributed by atoms with Crippen molar-refractivity contribution in [1.82, 2.24) is 29.8 Å². The quantitative estimate of drug-likeness (QED) is 0.479. The number of aromatic nitrogens is 6. The summed E-state index contributed by atoms with van der Waals surface area (Å²) >= 11 is 3.22. The molecule has 4 aromatic heterocycles. The molecule has 0 aliphatic heterocycles. The molecule has 4 heterocycles. The third-order valence-corrected chi connectivity index (χ3v) is 6.29. The molecule has 0 bridgehead atoms. The summed E-state index contributed by atoms with van der Waals surface area (Å²) in [6.07, 6.45) is 1.01. The van der Waals surface area contributed by atoms with Gasteiger partial charge in [-0.1, -0.05) is 18.7 Å². The van der Waals surface area contributed by atoms with Crippen molar-refractivity contribution in [3.05, 3.63) is 39.9 Å². The zero-order valence-electron chi connectivity index (χ0n) is 15.0. The van der Waals surface area contributed by atoms with Crippen LogP contribution in [0.2, 0.25) is 0 Å². The monoisotopic (exact) mass is 386 g/mol. The van der Waals surface area contributed by atoms with E-state index >= 15 is 0 Å². The summed E-state index contributed by atoms with van der Waals surface area (Å²) in [7, 11) is 0. The van der Waals surface area contributed by atoms with Gasteiger partial charge in [0.15, 0.2) is 5.16 Å². The highest BCUT2D eigenvalue weighted by atomic mass is 32.2. The Morgan fingerprint density at radius 2 is 1.96 bits per heavy atom. The lowest BCUT2D eigenvalue weighted by atomic mass is 10.2. The number of hydrogen-bond acceptors (Lipinski definition) is 8. The molecule has 4 aromatic rings. The highest BCUT2D eigenvalue weighted by Crippen LogP contribution is 2.31. The van der Waals surface area contributed by atoms with E-state index in [0.29, 0.717) is 23.3 Å². The van der Waals surface area contributed by atoms with Gasteiger partial charge in [-0.05, 0) is 44.9 Å². The molecule has 0 spiro atoms. The van der Waals surface area contributed by atoms with Gasteiger partial charge in [0.2, 0.25) is 5.89 Å². The predicted octanol–water partition coefficient (Wildman–Crippen LogP) is 4.02. The number of rotatable bonds is 5.